The minimum atomic E-state index is -2.86. The quantitative estimate of drug-likeness (QED) is 0.447. The van der Waals surface area contributed by atoms with Crippen molar-refractivity contribution in [2.75, 3.05) is 6.54 Å². The molecule has 1 atom stereocenters. The molecule has 0 saturated carbocycles. The first-order chi connectivity index (χ1) is 13.6. The van der Waals surface area contributed by atoms with Crippen molar-refractivity contribution in [1.29, 1.82) is 0 Å². The highest BCUT2D eigenvalue weighted by Gasteiger charge is 2.46. The molecule has 1 aromatic heterocycles. The zero-order valence-electron chi connectivity index (χ0n) is 16.7. The van der Waals surface area contributed by atoms with E-state index in [1.165, 1.54) is 13.0 Å². The van der Waals surface area contributed by atoms with Crippen LogP contribution in [0.5, 0.6) is 0 Å². The maximum absolute atomic E-state index is 15.1. The second kappa shape index (κ2) is 7.17. The number of para-hydroxylation sites is 1. The standard InChI is InChI=1S/C23H24BrF3N2/c1-4-23(26,27)13-29-21(16-10-9-14(24)11-18(16)25)20-17(12-22(29,2)3)15-7-5-6-8-19(15)28-20/h5-11,21,28H,4,12-13H2,1-3H3. The number of H-pyrrole nitrogens is 1. The van der Waals surface area contributed by atoms with Gasteiger partial charge >= 0.3 is 0 Å². The molecule has 3 aromatic rings. The van der Waals surface area contributed by atoms with Gasteiger partial charge in [0.05, 0.1) is 12.6 Å². The number of fused-ring (bicyclic) bond motifs is 3. The van der Waals surface area contributed by atoms with E-state index in [4.69, 9.17) is 0 Å². The van der Waals surface area contributed by atoms with Gasteiger partial charge in [-0.1, -0.05) is 47.1 Å². The van der Waals surface area contributed by atoms with E-state index in [1.54, 1.807) is 17.0 Å². The van der Waals surface area contributed by atoms with Crippen LogP contribution in [0, 0.1) is 5.82 Å². The normalized spacial score (nSPS) is 19.5. The molecule has 0 saturated heterocycles. The number of aromatic nitrogens is 1. The predicted octanol–water partition coefficient (Wildman–Crippen LogP) is 6.84. The first kappa shape index (κ1) is 20.5. The lowest BCUT2D eigenvalue weighted by atomic mass is 9.81. The summed E-state index contributed by atoms with van der Waals surface area (Å²) in [6.45, 7) is 4.99. The van der Waals surface area contributed by atoms with Crippen LogP contribution in [-0.4, -0.2) is 27.9 Å². The summed E-state index contributed by atoms with van der Waals surface area (Å²) in [5.74, 6) is -3.26. The van der Waals surface area contributed by atoms with Gasteiger partial charge in [-0.05, 0) is 44.0 Å². The third-order valence-electron chi connectivity index (χ3n) is 5.99. The highest BCUT2D eigenvalue weighted by molar-refractivity contribution is 9.10. The van der Waals surface area contributed by atoms with Gasteiger partial charge in [0.1, 0.15) is 5.82 Å². The Hall–Kier alpha value is -1.79. The summed E-state index contributed by atoms with van der Waals surface area (Å²) in [4.78, 5) is 5.18. The molecule has 4 rings (SSSR count). The molecular formula is C23H24BrF3N2. The van der Waals surface area contributed by atoms with Crippen molar-refractivity contribution in [1.82, 2.24) is 9.88 Å². The molecule has 0 spiro atoms. The smallest absolute Gasteiger partial charge is 0.260 e. The second-order valence-corrected chi connectivity index (χ2v) is 9.37. The van der Waals surface area contributed by atoms with Gasteiger partial charge in [-0.3, -0.25) is 4.90 Å². The van der Waals surface area contributed by atoms with Crippen LogP contribution >= 0.6 is 15.9 Å². The fraction of sp³-hybridized carbons (Fsp3) is 0.391. The number of nitrogens with zero attached hydrogens (tertiary/aromatic N) is 1. The van der Waals surface area contributed by atoms with E-state index >= 15 is 4.39 Å². The van der Waals surface area contributed by atoms with Crippen molar-refractivity contribution in [2.24, 2.45) is 0 Å². The summed E-state index contributed by atoms with van der Waals surface area (Å²) in [6, 6.07) is 12.1. The summed E-state index contributed by atoms with van der Waals surface area (Å²) in [5, 5.41) is 1.07. The lowest BCUT2D eigenvalue weighted by Crippen LogP contribution is -2.55. The number of hydrogen-bond donors (Lipinski definition) is 1. The van der Waals surface area contributed by atoms with Gasteiger partial charge in [-0.2, -0.15) is 0 Å². The molecule has 6 heteroatoms. The van der Waals surface area contributed by atoms with Gasteiger partial charge < -0.3 is 4.98 Å². The van der Waals surface area contributed by atoms with Crippen molar-refractivity contribution in [3.05, 3.63) is 69.6 Å². The molecule has 0 aliphatic carbocycles. The fourth-order valence-electron chi connectivity index (χ4n) is 4.40. The van der Waals surface area contributed by atoms with E-state index in [0.29, 0.717) is 16.5 Å². The van der Waals surface area contributed by atoms with Crippen LogP contribution in [-0.2, 0) is 6.42 Å². The molecule has 0 bridgehead atoms. The maximum Gasteiger partial charge on any atom is 0.260 e. The molecule has 2 aromatic carbocycles. The van der Waals surface area contributed by atoms with Crippen LogP contribution in [0.2, 0.25) is 0 Å². The first-order valence-electron chi connectivity index (χ1n) is 9.82. The van der Waals surface area contributed by atoms with Crippen molar-refractivity contribution >= 4 is 26.8 Å². The maximum atomic E-state index is 15.1. The zero-order chi connectivity index (χ0) is 21.0. The lowest BCUT2D eigenvalue weighted by molar-refractivity contribution is -0.0737. The average Bonchev–Trinajstić information content (AvgIpc) is 3.00. The summed E-state index contributed by atoms with van der Waals surface area (Å²) >= 11 is 3.30. The molecule has 0 radical (unpaired) electrons. The number of rotatable bonds is 4. The van der Waals surface area contributed by atoms with Crippen molar-refractivity contribution in [2.45, 2.75) is 51.1 Å². The van der Waals surface area contributed by atoms with Gasteiger partial charge in [0, 0.05) is 38.6 Å². The molecule has 2 nitrogen and oxygen atoms in total. The SMILES string of the molecule is CCC(F)(F)CN1C(c2ccc(Br)cc2F)c2[nH]c3ccccc3c2CC1(C)C. The van der Waals surface area contributed by atoms with Crippen LogP contribution in [0.1, 0.15) is 50.1 Å². The average molecular weight is 465 g/mol. The van der Waals surface area contributed by atoms with Crippen LogP contribution in [0.4, 0.5) is 13.2 Å². The monoisotopic (exact) mass is 464 g/mol. The summed E-state index contributed by atoms with van der Waals surface area (Å²) in [5.41, 5.74) is 2.66. The third kappa shape index (κ3) is 3.61. The van der Waals surface area contributed by atoms with E-state index in [9.17, 15) is 8.78 Å². The highest BCUT2D eigenvalue weighted by Crippen LogP contribution is 2.46. The van der Waals surface area contributed by atoms with Gasteiger partial charge in [0.2, 0.25) is 0 Å². The predicted molar refractivity (Wildman–Crippen MR) is 114 cm³/mol. The van der Waals surface area contributed by atoms with Gasteiger partial charge in [-0.25, -0.2) is 13.2 Å². The van der Waals surface area contributed by atoms with Crippen molar-refractivity contribution in [3.63, 3.8) is 0 Å². The van der Waals surface area contributed by atoms with Gasteiger partial charge in [0.15, 0.2) is 0 Å². The lowest BCUT2D eigenvalue weighted by Gasteiger charge is -2.49. The molecule has 1 aliphatic rings. The van der Waals surface area contributed by atoms with Crippen LogP contribution < -0.4 is 0 Å². The minimum Gasteiger partial charge on any atom is -0.357 e. The van der Waals surface area contributed by atoms with E-state index in [-0.39, 0.29) is 6.42 Å². The van der Waals surface area contributed by atoms with E-state index in [0.717, 1.165) is 22.2 Å². The summed E-state index contributed by atoms with van der Waals surface area (Å²) < 4.78 is 44.8. The second-order valence-electron chi connectivity index (χ2n) is 8.46. The number of benzene rings is 2. The topological polar surface area (TPSA) is 19.0 Å². The number of halogens is 4. The molecule has 1 aliphatic heterocycles. The van der Waals surface area contributed by atoms with E-state index in [2.05, 4.69) is 20.9 Å². The highest BCUT2D eigenvalue weighted by atomic mass is 79.9. The van der Waals surface area contributed by atoms with Gasteiger partial charge in [-0.15, -0.1) is 0 Å². The number of hydrogen-bond acceptors (Lipinski definition) is 1. The first-order valence-corrected chi connectivity index (χ1v) is 10.6. The molecule has 1 N–H and O–H groups in total. The number of alkyl halides is 2. The Balaban J connectivity index is 1.96. The third-order valence-corrected chi connectivity index (χ3v) is 6.49. The summed E-state index contributed by atoms with van der Waals surface area (Å²) in [7, 11) is 0. The molecule has 154 valence electrons. The zero-order valence-corrected chi connectivity index (χ0v) is 18.3. The van der Waals surface area contributed by atoms with Crippen molar-refractivity contribution < 1.29 is 13.2 Å². The largest absolute Gasteiger partial charge is 0.357 e. The molecular weight excluding hydrogens is 441 g/mol. The Kier molecular flexibility index (Phi) is 5.06. The Bertz CT molecular complexity index is 1060. The Morgan fingerprint density at radius 1 is 1.21 bits per heavy atom. The minimum absolute atomic E-state index is 0.255. The fourth-order valence-corrected chi connectivity index (χ4v) is 4.73. The van der Waals surface area contributed by atoms with Crippen LogP contribution in [0.15, 0.2) is 46.9 Å². The van der Waals surface area contributed by atoms with Gasteiger partial charge in [0.25, 0.3) is 5.92 Å². The molecule has 1 unspecified atom stereocenters. The van der Waals surface area contributed by atoms with E-state index < -0.39 is 29.9 Å². The Morgan fingerprint density at radius 3 is 2.62 bits per heavy atom. The molecule has 0 amide bonds. The van der Waals surface area contributed by atoms with Crippen molar-refractivity contribution in [3.8, 4) is 0 Å². The van der Waals surface area contributed by atoms with Crippen LogP contribution in [0.3, 0.4) is 0 Å². The Morgan fingerprint density at radius 2 is 1.93 bits per heavy atom. The number of nitrogens with one attached hydrogen (secondary N) is 1. The number of aromatic amines is 1. The van der Waals surface area contributed by atoms with E-state index in [1.807, 2.05) is 38.1 Å². The molecule has 0 fully saturated rings. The molecule has 2 heterocycles. The van der Waals surface area contributed by atoms with Crippen LogP contribution in [0.25, 0.3) is 10.9 Å². The molecule has 29 heavy (non-hydrogen) atoms. The summed E-state index contributed by atoms with van der Waals surface area (Å²) in [6.07, 6.45) is 0.357. The Labute approximate surface area is 177 Å².